The van der Waals surface area contributed by atoms with Gasteiger partial charge >= 0.3 is 0 Å². The number of aliphatic hydroxyl groups is 1. The second kappa shape index (κ2) is 7.58. The molecular formula is C13H21NOS. The van der Waals surface area contributed by atoms with E-state index in [0.29, 0.717) is 6.61 Å². The fourth-order valence-corrected chi connectivity index (χ4v) is 2.50. The van der Waals surface area contributed by atoms with Gasteiger partial charge in [0.2, 0.25) is 0 Å². The predicted octanol–water partition coefficient (Wildman–Crippen LogP) is 3.22. The lowest BCUT2D eigenvalue weighted by molar-refractivity contribution is 0.283. The number of hydrogen-bond acceptors (Lipinski definition) is 3. The van der Waals surface area contributed by atoms with Crippen LogP contribution < -0.4 is 5.73 Å². The lowest BCUT2D eigenvalue weighted by atomic mass is 10.2. The van der Waals surface area contributed by atoms with Crippen molar-refractivity contribution in [2.75, 3.05) is 18.1 Å². The van der Waals surface area contributed by atoms with Crippen LogP contribution in [0.5, 0.6) is 0 Å². The van der Waals surface area contributed by atoms with Gasteiger partial charge in [-0.05, 0) is 49.3 Å². The van der Waals surface area contributed by atoms with Crippen LogP contribution in [0.2, 0.25) is 0 Å². The highest BCUT2D eigenvalue weighted by atomic mass is 32.2. The first-order valence-electron chi connectivity index (χ1n) is 5.84. The van der Waals surface area contributed by atoms with Crippen molar-refractivity contribution in [3.63, 3.8) is 0 Å². The van der Waals surface area contributed by atoms with Gasteiger partial charge in [-0.1, -0.05) is 12.8 Å². The summed E-state index contributed by atoms with van der Waals surface area (Å²) in [5.41, 5.74) is 7.79. The van der Waals surface area contributed by atoms with Gasteiger partial charge in [-0.25, -0.2) is 0 Å². The summed E-state index contributed by atoms with van der Waals surface area (Å²) in [7, 11) is 0. The molecule has 3 heteroatoms. The summed E-state index contributed by atoms with van der Waals surface area (Å²) in [6.45, 7) is 2.37. The number of nitrogens with two attached hydrogens (primary N) is 1. The normalized spacial score (nSPS) is 10.6. The van der Waals surface area contributed by atoms with Crippen molar-refractivity contribution in [1.82, 2.24) is 0 Å². The summed E-state index contributed by atoms with van der Waals surface area (Å²) in [4.78, 5) is 1.30. The van der Waals surface area contributed by atoms with E-state index in [1.54, 1.807) is 0 Å². The molecule has 0 aliphatic rings. The Morgan fingerprint density at radius 3 is 2.62 bits per heavy atom. The number of anilines is 1. The average Bonchev–Trinajstić information content (AvgIpc) is 2.28. The van der Waals surface area contributed by atoms with Crippen LogP contribution in [0.1, 0.15) is 31.2 Å². The van der Waals surface area contributed by atoms with Crippen molar-refractivity contribution in [2.45, 2.75) is 37.5 Å². The molecule has 1 aromatic carbocycles. The molecule has 0 radical (unpaired) electrons. The van der Waals surface area contributed by atoms with E-state index >= 15 is 0 Å². The zero-order valence-electron chi connectivity index (χ0n) is 9.91. The zero-order valence-corrected chi connectivity index (χ0v) is 10.7. The average molecular weight is 239 g/mol. The third kappa shape index (κ3) is 4.90. The molecule has 0 heterocycles. The van der Waals surface area contributed by atoms with E-state index in [4.69, 9.17) is 10.8 Å². The van der Waals surface area contributed by atoms with Gasteiger partial charge in [-0.3, -0.25) is 0 Å². The molecule has 0 saturated carbocycles. The number of hydrogen-bond donors (Lipinski definition) is 2. The summed E-state index contributed by atoms with van der Waals surface area (Å²) >= 11 is 1.88. The highest BCUT2D eigenvalue weighted by Crippen LogP contribution is 2.23. The van der Waals surface area contributed by atoms with Gasteiger partial charge in [0.15, 0.2) is 0 Å². The molecule has 0 aliphatic heterocycles. The highest BCUT2D eigenvalue weighted by Gasteiger charge is 1.97. The van der Waals surface area contributed by atoms with E-state index in [2.05, 4.69) is 12.1 Å². The molecule has 1 rings (SSSR count). The molecule has 16 heavy (non-hydrogen) atoms. The van der Waals surface area contributed by atoms with Crippen LogP contribution in [0.15, 0.2) is 23.1 Å². The van der Waals surface area contributed by atoms with E-state index in [0.717, 1.165) is 29.8 Å². The predicted molar refractivity (Wildman–Crippen MR) is 71.9 cm³/mol. The first-order chi connectivity index (χ1) is 7.74. The Morgan fingerprint density at radius 1 is 1.19 bits per heavy atom. The van der Waals surface area contributed by atoms with Crippen molar-refractivity contribution in [3.05, 3.63) is 23.8 Å². The van der Waals surface area contributed by atoms with E-state index in [1.807, 2.05) is 24.8 Å². The molecule has 0 atom stereocenters. The Hall–Kier alpha value is -0.670. The summed E-state index contributed by atoms with van der Waals surface area (Å²) in [6.07, 6.45) is 4.50. The van der Waals surface area contributed by atoms with Gasteiger partial charge in [-0.2, -0.15) is 0 Å². The zero-order chi connectivity index (χ0) is 11.8. The minimum absolute atomic E-state index is 0.324. The molecule has 0 aromatic heterocycles. The molecule has 0 saturated heterocycles. The van der Waals surface area contributed by atoms with E-state index in [1.165, 1.54) is 17.7 Å². The molecule has 0 amide bonds. The maximum atomic E-state index is 8.64. The first-order valence-corrected chi connectivity index (χ1v) is 6.82. The Labute approximate surface area is 102 Å². The Balaban J connectivity index is 2.19. The molecular weight excluding hydrogens is 218 g/mol. The molecule has 2 nitrogen and oxygen atoms in total. The smallest absolute Gasteiger partial charge is 0.0431 e. The minimum Gasteiger partial charge on any atom is -0.399 e. The van der Waals surface area contributed by atoms with E-state index in [9.17, 15) is 0 Å². The van der Waals surface area contributed by atoms with Crippen molar-refractivity contribution in [2.24, 2.45) is 0 Å². The number of rotatable bonds is 7. The topological polar surface area (TPSA) is 46.2 Å². The van der Waals surface area contributed by atoms with Gasteiger partial charge in [0, 0.05) is 17.2 Å². The van der Waals surface area contributed by atoms with Crippen LogP contribution in [0, 0.1) is 6.92 Å². The molecule has 0 bridgehead atoms. The summed E-state index contributed by atoms with van der Waals surface area (Å²) in [5.74, 6) is 1.15. The molecule has 3 N–H and O–H groups in total. The van der Waals surface area contributed by atoms with Crippen LogP contribution in [0.25, 0.3) is 0 Å². The van der Waals surface area contributed by atoms with Crippen molar-refractivity contribution >= 4 is 17.4 Å². The Bertz CT molecular complexity index is 315. The second-order valence-corrected chi connectivity index (χ2v) is 5.17. The number of aliphatic hydroxyl groups excluding tert-OH is 1. The number of thioether (sulfide) groups is 1. The first kappa shape index (κ1) is 13.4. The molecule has 0 fully saturated rings. The number of unbranched alkanes of at least 4 members (excludes halogenated alkanes) is 3. The maximum Gasteiger partial charge on any atom is 0.0431 e. The second-order valence-electron chi connectivity index (χ2n) is 4.00. The quantitative estimate of drug-likeness (QED) is 0.436. The fourth-order valence-electron chi connectivity index (χ4n) is 1.50. The van der Waals surface area contributed by atoms with Crippen molar-refractivity contribution in [3.8, 4) is 0 Å². The molecule has 0 unspecified atom stereocenters. The largest absolute Gasteiger partial charge is 0.399 e. The van der Waals surface area contributed by atoms with E-state index < -0.39 is 0 Å². The SMILES string of the molecule is Cc1cc(SCCCCCCO)ccc1N. The lowest BCUT2D eigenvalue weighted by Crippen LogP contribution is -1.89. The monoisotopic (exact) mass is 239 g/mol. The third-order valence-corrected chi connectivity index (χ3v) is 3.64. The maximum absolute atomic E-state index is 8.64. The van der Waals surface area contributed by atoms with Gasteiger partial charge in [0.05, 0.1) is 0 Å². The number of aryl methyl sites for hydroxylation is 1. The number of nitrogen functional groups attached to an aromatic ring is 1. The van der Waals surface area contributed by atoms with Crippen molar-refractivity contribution < 1.29 is 5.11 Å². The molecule has 90 valence electrons. The number of benzene rings is 1. The van der Waals surface area contributed by atoms with Crippen LogP contribution in [-0.2, 0) is 0 Å². The van der Waals surface area contributed by atoms with Crippen LogP contribution in [-0.4, -0.2) is 17.5 Å². The standard InChI is InChI=1S/C13H21NOS/c1-11-10-12(6-7-13(11)14)16-9-5-3-2-4-8-15/h6-7,10,15H,2-5,8-9,14H2,1H3. The Morgan fingerprint density at radius 2 is 1.94 bits per heavy atom. The van der Waals surface area contributed by atoms with Gasteiger partial charge in [0.25, 0.3) is 0 Å². The Kier molecular flexibility index (Phi) is 6.34. The highest BCUT2D eigenvalue weighted by molar-refractivity contribution is 7.99. The molecule has 1 aromatic rings. The van der Waals surface area contributed by atoms with Gasteiger partial charge in [-0.15, -0.1) is 11.8 Å². The van der Waals surface area contributed by atoms with E-state index in [-0.39, 0.29) is 0 Å². The van der Waals surface area contributed by atoms with Crippen LogP contribution in [0.3, 0.4) is 0 Å². The molecule has 0 aliphatic carbocycles. The lowest BCUT2D eigenvalue weighted by Gasteiger charge is -2.04. The van der Waals surface area contributed by atoms with Gasteiger partial charge < -0.3 is 10.8 Å². The summed E-state index contributed by atoms with van der Waals surface area (Å²) in [6, 6.07) is 6.21. The minimum atomic E-state index is 0.324. The van der Waals surface area contributed by atoms with Crippen molar-refractivity contribution in [1.29, 1.82) is 0 Å². The summed E-state index contributed by atoms with van der Waals surface area (Å²) in [5, 5.41) is 8.64. The summed E-state index contributed by atoms with van der Waals surface area (Å²) < 4.78 is 0. The van der Waals surface area contributed by atoms with Crippen LogP contribution in [0.4, 0.5) is 5.69 Å². The third-order valence-electron chi connectivity index (χ3n) is 2.56. The van der Waals surface area contributed by atoms with Gasteiger partial charge in [0.1, 0.15) is 0 Å². The van der Waals surface area contributed by atoms with Crippen LogP contribution >= 0.6 is 11.8 Å². The fraction of sp³-hybridized carbons (Fsp3) is 0.538. The molecule has 0 spiro atoms.